The van der Waals surface area contributed by atoms with Gasteiger partial charge in [-0.15, -0.1) is 11.8 Å². The molecule has 4 nitrogen and oxygen atoms in total. The predicted octanol–water partition coefficient (Wildman–Crippen LogP) is 4.28. The quantitative estimate of drug-likeness (QED) is 0.559. The summed E-state index contributed by atoms with van der Waals surface area (Å²) >= 11 is 1.56. The summed E-state index contributed by atoms with van der Waals surface area (Å²) in [5, 5.41) is 8.07. The summed E-state index contributed by atoms with van der Waals surface area (Å²) in [6.45, 7) is 5.83. The Hall–Kier alpha value is -2.24. The number of pyridine rings is 2. The first-order valence-corrected chi connectivity index (χ1v) is 8.72. The van der Waals surface area contributed by atoms with Gasteiger partial charge in [-0.3, -0.25) is 9.97 Å². The van der Waals surface area contributed by atoms with Gasteiger partial charge in [-0.1, -0.05) is 6.07 Å². The average molecular weight is 354 g/mol. The Morgan fingerprint density at radius 2 is 1.68 bits per heavy atom. The number of hydrogen-bond donors (Lipinski definition) is 1. The summed E-state index contributed by atoms with van der Waals surface area (Å²) in [6.07, 6.45) is 4.60. The molecule has 0 atom stereocenters. The lowest BCUT2D eigenvalue weighted by molar-refractivity contribution is -0.109. The van der Waals surface area contributed by atoms with Crippen LogP contribution in [0.15, 0.2) is 53.7 Å². The second kappa shape index (κ2) is 8.23. The predicted molar refractivity (Wildman–Crippen MR) is 104 cm³/mol. The first kappa shape index (κ1) is 19.1. The minimum absolute atomic E-state index is 0.461. The summed E-state index contributed by atoms with van der Waals surface area (Å²) in [4.78, 5) is 21.0. The Morgan fingerprint density at radius 3 is 2.36 bits per heavy atom. The molecule has 0 radical (unpaired) electrons. The number of carbonyl (C=O) groups is 1. The number of aldehydes is 1. The molecular formula is C20H22N2O2S. The summed E-state index contributed by atoms with van der Waals surface area (Å²) in [7, 11) is 1.00. The highest BCUT2D eigenvalue weighted by molar-refractivity contribution is 8.01. The molecule has 0 fully saturated rings. The van der Waals surface area contributed by atoms with Crippen LogP contribution >= 0.6 is 11.8 Å². The summed E-state index contributed by atoms with van der Waals surface area (Å²) < 4.78 is -0.461. The largest absolute Gasteiger partial charge is 0.400 e. The normalized spacial score (nSPS) is 10.9. The topological polar surface area (TPSA) is 63.1 Å². The van der Waals surface area contributed by atoms with E-state index >= 15 is 0 Å². The van der Waals surface area contributed by atoms with Crippen LogP contribution in [0, 0.1) is 6.92 Å². The van der Waals surface area contributed by atoms with Gasteiger partial charge in [-0.25, -0.2) is 0 Å². The number of fused-ring (bicyclic) bond motifs is 1. The molecule has 0 saturated heterocycles. The van der Waals surface area contributed by atoms with Crippen LogP contribution in [-0.4, -0.2) is 33.2 Å². The van der Waals surface area contributed by atoms with Gasteiger partial charge in [-0.2, -0.15) is 0 Å². The van der Waals surface area contributed by atoms with Crippen molar-refractivity contribution in [2.45, 2.75) is 30.4 Å². The van der Waals surface area contributed by atoms with Gasteiger partial charge >= 0.3 is 0 Å². The standard InChI is InChI=1S/C19H18N2OS.CH4O/c1-13-10-15(6-8-20-13)14-4-5-17-16(11-14)18(7-9-21-17)23-19(2,3)12-22;1-2/h4-12H,1-3H3;2H,1H3. The van der Waals surface area contributed by atoms with Crippen LogP contribution in [0.1, 0.15) is 19.5 Å². The minimum Gasteiger partial charge on any atom is -0.400 e. The fourth-order valence-corrected chi connectivity index (χ4v) is 3.44. The molecule has 130 valence electrons. The van der Waals surface area contributed by atoms with Gasteiger partial charge in [0, 0.05) is 35.5 Å². The highest BCUT2D eigenvalue weighted by Crippen LogP contribution is 2.36. The molecule has 0 aliphatic carbocycles. The van der Waals surface area contributed by atoms with E-state index < -0.39 is 4.75 Å². The van der Waals surface area contributed by atoms with Crippen molar-refractivity contribution in [2.75, 3.05) is 7.11 Å². The molecule has 3 rings (SSSR count). The molecule has 2 aromatic heterocycles. The van der Waals surface area contributed by atoms with E-state index in [1.807, 2.05) is 45.2 Å². The number of thioether (sulfide) groups is 1. The van der Waals surface area contributed by atoms with Crippen molar-refractivity contribution in [3.05, 3.63) is 54.5 Å². The van der Waals surface area contributed by atoms with E-state index in [1.165, 1.54) is 0 Å². The number of carbonyl (C=O) groups excluding carboxylic acids is 1. The molecule has 0 bridgehead atoms. The Kier molecular flexibility index (Phi) is 6.28. The third-order valence-corrected chi connectivity index (χ3v) is 4.79. The van der Waals surface area contributed by atoms with Gasteiger partial charge in [0.05, 0.1) is 10.3 Å². The summed E-state index contributed by atoms with van der Waals surface area (Å²) in [6, 6.07) is 12.3. The molecule has 0 aliphatic rings. The first-order chi connectivity index (χ1) is 12.0. The van der Waals surface area contributed by atoms with Crippen LogP contribution in [0.3, 0.4) is 0 Å². The fraction of sp³-hybridized carbons (Fsp3) is 0.250. The van der Waals surface area contributed by atoms with Crippen molar-refractivity contribution in [1.82, 2.24) is 9.97 Å². The highest BCUT2D eigenvalue weighted by Gasteiger charge is 2.19. The van der Waals surface area contributed by atoms with E-state index in [-0.39, 0.29) is 0 Å². The number of aliphatic hydroxyl groups excluding tert-OH is 1. The van der Waals surface area contributed by atoms with Crippen molar-refractivity contribution in [3.63, 3.8) is 0 Å². The molecule has 25 heavy (non-hydrogen) atoms. The number of rotatable bonds is 4. The molecular weight excluding hydrogens is 332 g/mol. The van der Waals surface area contributed by atoms with Crippen molar-refractivity contribution >= 4 is 29.0 Å². The SMILES string of the molecule is CO.Cc1cc(-c2ccc3nccc(SC(C)(C)C=O)c3c2)ccn1. The van der Waals surface area contributed by atoms with Gasteiger partial charge in [0.1, 0.15) is 6.29 Å². The number of benzene rings is 1. The third kappa shape index (κ3) is 4.65. The molecule has 0 saturated carbocycles. The van der Waals surface area contributed by atoms with Crippen LogP contribution in [0.4, 0.5) is 0 Å². The Labute approximate surface area is 152 Å². The molecule has 3 aromatic rings. The van der Waals surface area contributed by atoms with Gasteiger partial charge in [0.15, 0.2) is 0 Å². The zero-order valence-corrected chi connectivity index (χ0v) is 15.7. The van der Waals surface area contributed by atoms with Crippen LogP contribution in [0.2, 0.25) is 0 Å². The number of aryl methyl sites for hydroxylation is 1. The minimum atomic E-state index is -0.461. The summed E-state index contributed by atoms with van der Waals surface area (Å²) in [5.41, 5.74) is 4.19. The smallest absolute Gasteiger partial charge is 0.135 e. The lowest BCUT2D eigenvalue weighted by atomic mass is 10.0. The van der Waals surface area contributed by atoms with Crippen LogP contribution in [0.25, 0.3) is 22.0 Å². The maximum atomic E-state index is 11.2. The van der Waals surface area contributed by atoms with Crippen LogP contribution in [0.5, 0.6) is 0 Å². The molecule has 0 unspecified atom stereocenters. The molecule has 0 amide bonds. The van der Waals surface area contributed by atoms with E-state index in [0.717, 1.165) is 46.0 Å². The van der Waals surface area contributed by atoms with Gasteiger partial charge in [0.2, 0.25) is 0 Å². The highest BCUT2D eigenvalue weighted by atomic mass is 32.2. The zero-order chi connectivity index (χ0) is 18.4. The molecule has 0 aliphatic heterocycles. The molecule has 0 spiro atoms. The van der Waals surface area contributed by atoms with Crippen molar-refractivity contribution in [3.8, 4) is 11.1 Å². The summed E-state index contributed by atoms with van der Waals surface area (Å²) in [5.74, 6) is 0. The lowest BCUT2D eigenvalue weighted by Crippen LogP contribution is -2.15. The molecule has 1 aromatic carbocycles. The van der Waals surface area contributed by atoms with E-state index in [1.54, 1.807) is 18.0 Å². The maximum Gasteiger partial charge on any atom is 0.135 e. The van der Waals surface area contributed by atoms with Crippen molar-refractivity contribution in [2.24, 2.45) is 0 Å². The van der Waals surface area contributed by atoms with Crippen LogP contribution in [-0.2, 0) is 4.79 Å². The molecule has 5 heteroatoms. The maximum absolute atomic E-state index is 11.2. The third-order valence-electron chi connectivity index (χ3n) is 3.59. The van der Waals surface area contributed by atoms with Crippen LogP contribution < -0.4 is 0 Å². The van der Waals surface area contributed by atoms with E-state index in [9.17, 15) is 4.79 Å². The van der Waals surface area contributed by atoms with Crippen molar-refractivity contribution in [1.29, 1.82) is 0 Å². The fourth-order valence-electron chi connectivity index (χ4n) is 2.42. The Morgan fingerprint density at radius 1 is 1.00 bits per heavy atom. The number of aliphatic hydroxyl groups is 1. The van der Waals surface area contributed by atoms with Gasteiger partial charge in [0.25, 0.3) is 0 Å². The number of nitrogens with zero attached hydrogens (tertiary/aromatic N) is 2. The Balaban J connectivity index is 0.00000109. The second-order valence-electron chi connectivity index (χ2n) is 6.05. The van der Waals surface area contributed by atoms with Gasteiger partial charge < -0.3 is 9.90 Å². The van der Waals surface area contributed by atoms with Gasteiger partial charge in [-0.05, 0) is 62.2 Å². The first-order valence-electron chi connectivity index (χ1n) is 7.90. The van der Waals surface area contributed by atoms with E-state index in [0.29, 0.717) is 0 Å². The zero-order valence-electron chi connectivity index (χ0n) is 14.9. The molecule has 2 heterocycles. The average Bonchev–Trinajstić information content (AvgIpc) is 2.63. The monoisotopic (exact) mass is 354 g/mol. The number of hydrogen-bond acceptors (Lipinski definition) is 5. The van der Waals surface area contributed by atoms with E-state index in [2.05, 4.69) is 28.2 Å². The molecule has 1 N–H and O–H groups in total. The lowest BCUT2D eigenvalue weighted by Gasteiger charge is -2.17. The second-order valence-corrected chi connectivity index (χ2v) is 7.75. The van der Waals surface area contributed by atoms with E-state index in [4.69, 9.17) is 5.11 Å². The van der Waals surface area contributed by atoms with Crippen molar-refractivity contribution < 1.29 is 9.90 Å². The Bertz CT molecular complexity index is 878. The number of aromatic nitrogens is 2.